The van der Waals surface area contributed by atoms with E-state index < -0.39 is 27.9 Å². The Morgan fingerprint density at radius 3 is 2.47 bits per heavy atom. The number of para-hydroxylation sites is 4. The molecule has 0 aliphatic carbocycles. The van der Waals surface area contributed by atoms with Gasteiger partial charge in [0.1, 0.15) is 12.4 Å². The third-order valence-corrected chi connectivity index (χ3v) is 6.22. The molecule has 0 radical (unpaired) electrons. The molecule has 0 unspecified atom stereocenters. The van der Waals surface area contributed by atoms with Crippen LogP contribution >= 0.6 is 0 Å². The molecule has 4 rings (SSSR count). The third kappa shape index (κ3) is 5.04. The molecule has 0 aromatic heterocycles. The van der Waals surface area contributed by atoms with E-state index in [2.05, 4.69) is 15.6 Å². The summed E-state index contributed by atoms with van der Waals surface area (Å²) in [6.45, 7) is -0.0267. The fraction of sp³-hybridized carbons (Fsp3) is 0.130. The van der Waals surface area contributed by atoms with E-state index in [-0.39, 0.29) is 22.8 Å². The van der Waals surface area contributed by atoms with Crippen molar-refractivity contribution in [1.29, 1.82) is 0 Å². The first-order valence-electron chi connectivity index (χ1n) is 10.1. The zero-order valence-corrected chi connectivity index (χ0v) is 18.8. The summed E-state index contributed by atoms with van der Waals surface area (Å²) in [5.41, 5.74) is 4.80. The molecule has 0 spiro atoms. The highest BCUT2D eigenvalue weighted by atomic mass is 32.2. The summed E-state index contributed by atoms with van der Waals surface area (Å²) >= 11 is 0. The molecule has 176 valence electrons. The molecule has 0 bridgehead atoms. The first kappa shape index (κ1) is 22.9. The predicted octanol–water partition coefficient (Wildman–Crippen LogP) is 2.10. The number of carbonyl (C=O) groups excluding carboxylic acids is 2. The van der Waals surface area contributed by atoms with Gasteiger partial charge in [0.15, 0.2) is 11.5 Å². The second kappa shape index (κ2) is 9.71. The topological polar surface area (TPSA) is 132 Å². The lowest BCUT2D eigenvalue weighted by Crippen LogP contribution is -2.50. The number of hydrazine groups is 1. The Morgan fingerprint density at radius 1 is 0.941 bits per heavy atom. The lowest BCUT2D eigenvalue weighted by Gasteiger charge is -2.25. The van der Waals surface area contributed by atoms with E-state index in [1.807, 2.05) is 0 Å². The Hall–Kier alpha value is -4.25. The predicted molar refractivity (Wildman–Crippen MR) is 122 cm³/mol. The summed E-state index contributed by atoms with van der Waals surface area (Å²) in [7, 11) is -2.59. The second-order valence-corrected chi connectivity index (χ2v) is 8.82. The molecular formula is C23H21N3O7S. The van der Waals surface area contributed by atoms with Gasteiger partial charge < -0.3 is 14.2 Å². The largest absolute Gasteiger partial charge is 0.495 e. The van der Waals surface area contributed by atoms with Gasteiger partial charge in [0.25, 0.3) is 21.8 Å². The molecular weight excluding hydrogens is 462 g/mol. The molecule has 1 heterocycles. The van der Waals surface area contributed by atoms with Crippen LogP contribution in [0, 0.1) is 0 Å². The number of sulfonamides is 1. The second-order valence-electron chi connectivity index (χ2n) is 7.14. The molecule has 11 heteroatoms. The van der Waals surface area contributed by atoms with Crippen molar-refractivity contribution in [3.63, 3.8) is 0 Å². The lowest BCUT2D eigenvalue weighted by atomic mass is 10.2. The fourth-order valence-electron chi connectivity index (χ4n) is 3.16. The number of ether oxygens (including phenoxy) is 3. The smallest absolute Gasteiger partial charge is 0.283 e. The van der Waals surface area contributed by atoms with Gasteiger partial charge in [-0.2, -0.15) is 0 Å². The minimum absolute atomic E-state index is 0.0226. The Balaban J connectivity index is 1.40. The Kier molecular flexibility index (Phi) is 6.55. The third-order valence-electron chi connectivity index (χ3n) is 4.86. The Bertz CT molecular complexity index is 1330. The van der Waals surface area contributed by atoms with Crippen molar-refractivity contribution in [2.75, 3.05) is 18.4 Å². The number of benzene rings is 3. The highest BCUT2D eigenvalue weighted by Gasteiger charge is 2.27. The Morgan fingerprint density at radius 2 is 1.68 bits per heavy atom. The molecule has 34 heavy (non-hydrogen) atoms. The van der Waals surface area contributed by atoms with Crippen LogP contribution in [-0.4, -0.2) is 40.1 Å². The van der Waals surface area contributed by atoms with Crippen LogP contribution in [0.3, 0.4) is 0 Å². The summed E-state index contributed by atoms with van der Waals surface area (Å²) in [6.07, 6.45) is -0.966. The van der Waals surface area contributed by atoms with E-state index in [1.54, 1.807) is 48.5 Å². The SMILES string of the molecule is COc1ccccc1NS(=O)(=O)c1cccc(C(=O)NNC(=O)[C@H]2COc3ccccc3O2)c1. The van der Waals surface area contributed by atoms with Crippen LogP contribution in [0.2, 0.25) is 0 Å². The van der Waals surface area contributed by atoms with Crippen LogP contribution in [0.15, 0.2) is 77.7 Å². The molecule has 3 aromatic carbocycles. The maximum absolute atomic E-state index is 12.8. The van der Waals surface area contributed by atoms with Crippen LogP contribution < -0.4 is 29.8 Å². The number of hydrogen-bond acceptors (Lipinski definition) is 7. The molecule has 0 saturated carbocycles. The average molecular weight is 484 g/mol. The summed E-state index contributed by atoms with van der Waals surface area (Å²) in [5.74, 6) is -0.0421. The molecule has 3 N–H and O–H groups in total. The number of carbonyl (C=O) groups is 2. The summed E-state index contributed by atoms with van der Waals surface area (Å²) in [5, 5.41) is 0. The highest BCUT2D eigenvalue weighted by molar-refractivity contribution is 7.92. The van der Waals surface area contributed by atoms with Crippen LogP contribution in [0.1, 0.15) is 10.4 Å². The number of hydrogen-bond donors (Lipinski definition) is 3. The number of methoxy groups -OCH3 is 1. The van der Waals surface area contributed by atoms with Crippen molar-refractivity contribution in [3.8, 4) is 17.2 Å². The number of anilines is 1. The van der Waals surface area contributed by atoms with E-state index in [9.17, 15) is 18.0 Å². The first-order valence-corrected chi connectivity index (χ1v) is 11.6. The number of amides is 2. The van der Waals surface area contributed by atoms with Crippen molar-refractivity contribution in [2.24, 2.45) is 0 Å². The monoisotopic (exact) mass is 483 g/mol. The van der Waals surface area contributed by atoms with Crippen LogP contribution in [-0.2, 0) is 14.8 Å². The molecule has 3 aromatic rings. The minimum Gasteiger partial charge on any atom is -0.495 e. The zero-order chi connectivity index (χ0) is 24.1. The minimum atomic E-state index is -4.01. The number of fused-ring (bicyclic) bond motifs is 1. The van der Waals surface area contributed by atoms with E-state index in [4.69, 9.17) is 14.2 Å². The van der Waals surface area contributed by atoms with Gasteiger partial charge in [-0.1, -0.05) is 30.3 Å². The molecule has 1 aliphatic rings. The van der Waals surface area contributed by atoms with Gasteiger partial charge in [-0.05, 0) is 42.5 Å². The highest BCUT2D eigenvalue weighted by Crippen LogP contribution is 2.31. The lowest BCUT2D eigenvalue weighted by molar-refractivity contribution is -0.131. The van der Waals surface area contributed by atoms with Gasteiger partial charge in [-0.15, -0.1) is 0 Å². The maximum atomic E-state index is 12.8. The number of rotatable bonds is 6. The van der Waals surface area contributed by atoms with Gasteiger partial charge in [-0.25, -0.2) is 8.42 Å². The van der Waals surface area contributed by atoms with Gasteiger partial charge in [0, 0.05) is 5.56 Å². The molecule has 10 nitrogen and oxygen atoms in total. The average Bonchev–Trinajstić information content (AvgIpc) is 2.87. The zero-order valence-electron chi connectivity index (χ0n) is 18.0. The Labute approximate surface area is 195 Å². The normalized spacial score (nSPS) is 14.6. The fourth-order valence-corrected chi connectivity index (χ4v) is 4.27. The quantitative estimate of drug-likeness (QED) is 0.458. The van der Waals surface area contributed by atoms with E-state index >= 15 is 0 Å². The summed E-state index contributed by atoms with van der Waals surface area (Å²) < 4.78 is 44.3. The summed E-state index contributed by atoms with van der Waals surface area (Å²) in [4.78, 5) is 24.8. The van der Waals surface area contributed by atoms with Crippen LogP contribution in [0.25, 0.3) is 0 Å². The van der Waals surface area contributed by atoms with Crippen molar-refractivity contribution in [3.05, 3.63) is 78.4 Å². The maximum Gasteiger partial charge on any atom is 0.283 e. The van der Waals surface area contributed by atoms with E-state index in [0.717, 1.165) is 0 Å². The van der Waals surface area contributed by atoms with Gasteiger partial charge in [0.2, 0.25) is 6.10 Å². The van der Waals surface area contributed by atoms with Gasteiger partial charge >= 0.3 is 0 Å². The van der Waals surface area contributed by atoms with Gasteiger partial charge in [-0.3, -0.25) is 25.2 Å². The van der Waals surface area contributed by atoms with Crippen molar-refractivity contribution in [1.82, 2.24) is 10.9 Å². The van der Waals surface area contributed by atoms with Crippen LogP contribution in [0.5, 0.6) is 17.2 Å². The standard InChI is InChI=1S/C23H21N3O7S/c1-31-18-10-3-2-9-17(18)26-34(29,30)16-8-6-7-15(13-16)22(27)24-25-23(28)21-14-32-19-11-4-5-12-20(19)33-21/h2-13,21,26H,14H2,1H3,(H,24,27)(H,25,28)/t21-/m1/s1. The van der Waals surface area contributed by atoms with Gasteiger partial charge in [0.05, 0.1) is 17.7 Å². The first-order chi connectivity index (χ1) is 16.4. The molecule has 2 amide bonds. The van der Waals surface area contributed by atoms with Crippen molar-refractivity contribution < 1.29 is 32.2 Å². The number of nitrogens with one attached hydrogen (secondary N) is 3. The van der Waals surface area contributed by atoms with E-state index in [1.165, 1.54) is 31.4 Å². The molecule has 1 aliphatic heterocycles. The summed E-state index contributed by atoms with van der Waals surface area (Å²) in [6, 6.07) is 18.8. The molecule has 0 saturated heterocycles. The van der Waals surface area contributed by atoms with Crippen molar-refractivity contribution in [2.45, 2.75) is 11.0 Å². The van der Waals surface area contributed by atoms with Crippen molar-refractivity contribution >= 4 is 27.5 Å². The van der Waals surface area contributed by atoms with Crippen LogP contribution in [0.4, 0.5) is 5.69 Å². The molecule has 1 atom stereocenters. The van der Waals surface area contributed by atoms with E-state index in [0.29, 0.717) is 17.2 Å². The molecule has 0 fully saturated rings.